The Morgan fingerprint density at radius 2 is 1.82 bits per heavy atom. The molecule has 0 saturated carbocycles. The molecule has 7 nitrogen and oxygen atoms in total. The second kappa shape index (κ2) is 11.3. The number of nitrogens with zero attached hydrogens (tertiary/aromatic N) is 5. The Morgan fingerprint density at radius 1 is 1.14 bits per heavy atom. The van der Waals surface area contributed by atoms with E-state index < -0.39 is 51.3 Å². The Labute approximate surface area is 259 Å². The fourth-order valence-corrected chi connectivity index (χ4v) is 8.06. The van der Waals surface area contributed by atoms with Crippen molar-refractivity contribution in [2.24, 2.45) is 0 Å². The number of amides is 1. The SMILES string of the molecule is C=CC(=O)N1[C@H](C)CN(c2nc(=O)n3c4c(c(-c5cc(Cl)c(F)cc5F)c(C(F)(F)F)cc24)SCC3CN2CCC2)C[C@@H]1C. The first-order chi connectivity index (χ1) is 20.8. The fourth-order valence-electron chi connectivity index (χ4n) is 6.57. The minimum Gasteiger partial charge on any atom is -0.352 e. The molecule has 3 aromatic rings. The number of halogens is 6. The summed E-state index contributed by atoms with van der Waals surface area (Å²) >= 11 is 7.06. The molecule has 2 aromatic carbocycles. The van der Waals surface area contributed by atoms with Gasteiger partial charge in [-0.1, -0.05) is 18.2 Å². The van der Waals surface area contributed by atoms with Gasteiger partial charge in [0.1, 0.15) is 17.5 Å². The van der Waals surface area contributed by atoms with Crippen LogP contribution in [0.5, 0.6) is 0 Å². The summed E-state index contributed by atoms with van der Waals surface area (Å²) in [4.78, 5) is 36.3. The molecule has 44 heavy (non-hydrogen) atoms. The highest BCUT2D eigenvalue weighted by Crippen LogP contribution is 2.51. The lowest BCUT2D eigenvalue weighted by atomic mass is 9.95. The average Bonchev–Trinajstić information content (AvgIpc) is 2.93. The predicted molar refractivity (Wildman–Crippen MR) is 160 cm³/mol. The van der Waals surface area contributed by atoms with Gasteiger partial charge in [0, 0.05) is 64.9 Å². The fraction of sp³-hybridized carbons (Fsp3) is 0.433. The molecule has 3 aliphatic rings. The third kappa shape index (κ3) is 5.16. The molecule has 14 heteroatoms. The number of likely N-dealkylation sites (tertiary alicyclic amines) is 1. The molecule has 234 valence electrons. The third-order valence-electron chi connectivity index (χ3n) is 8.58. The van der Waals surface area contributed by atoms with E-state index in [4.69, 9.17) is 11.6 Å². The van der Waals surface area contributed by atoms with E-state index in [0.717, 1.165) is 43.4 Å². The van der Waals surface area contributed by atoms with Crippen molar-refractivity contribution in [3.05, 3.63) is 63.6 Å². The van der Waals surface area contributed by atoms with Crippen molar-refractivity contribution in [2.45, 2.75) is 49.5 Å². The lowest BCUT2D eigenvalue weighted by Crippen LogP contribution is -2.58. The van der Waals surface area contributed by atoms with Crippen molar-refractivity contribution in [1.29, 1.82) is 0 Å². The van der Waals surface area contributed by atoms with E-state index in [-0.39, 0.29) is 58.4 Å². The van der Waals surface area contributed by atoms with Crippen LogP contribution in [0, 0.1) is 11.6 Å². The van der Waals surface area contributed by atoms with Gasteiger partial charge in [-0.2, -0.15) is 18.2 Å². The van der Waals surface area contributed by atoms with Crippen LogP contribution in [0.3, 0.4) is 0 Å². The van der Waals surface area contributed by atoms with Crippen LogP contribution in [-0.2, 0) is 11.0 Å². The van der Waals surface area contributed by atoms with Gasteiger partial charge in [0.05, 0.1) is 22.1 Å². The maximum absolute atomic E-state index is 15.3. The Kier molecular flexibility index (Phi) is 7.94. The van der Waals surface area contributed by atoms with Gasteiger partial charge in [0.25, 0.3) is 0 Å². The zero-order valence-electron chi connectivity index (χ0n) is 23.9. The Balaban J connectivity index is 1.64. The quantitative estimate of drug-likeness (QED) is 0.192. The summed E-state index contributed by atoms with van der Waals surface area (Å²) < 4.78 is 75.4. The number of piperazine rings is 1. The Hall–Kier alpha value is -3.16. The topological polar surface area (TPSA) is 61.7 Å². The van der Waals surface area contributed by atoms with E-state index >= 15 is 4.39 Å². The van der Waals surface area contributed by atoms with E-state index in [1.54, 1.807) is 23.6 Å². The van der Waals surface area contributed by atoms with Crippen LogP contribution in [-0.4, -0.2) is 75.8 Å². The minimum atomic E-state index is -4.95. The normalized spacial score (nSPS) is 22.3. The number of aromatic nitrogens is 2. The van der Waals surface area contributed by atoms with Gasteiger partial charge in [-0.3, -0.25) is 9.36 Å². The largest absolute Gasteiger partial charge is 0.417 e. The first kappa shape index (κ1) is 30.8. The highest BCUT2D eigenvalue weighted by atomic mass is 35.5. The number of carbonyl (C=O) groups excluding carboxylic acids is 1. The monoisotopic (exact) mass is 653 g/mol. The first-order valence-corrected chi connectivity index (χ1v) is 15.6. The average molecular weight is 654 g/mol. The van der Waals surface area contributed by atoms with Gasteiger partial charge < -0.3 is 14.7 Å². The Bertz CT molecular complexity index is 1730. The zero-order valence-corrected chi connectivity index (χ0v) is 25.5. The van der Waals surface area contributed by atoms with Crippen molar-refractivity contribution in [2.75, 3.05) is 43.4 Å². The highest BCUT2D eigenvalue weighted by Gasteiger charge is 2.41. The van der Waals surface area contributed by atoms with Crippen LogP contribution in [0.2, 0.25) is 5.02 Å². The second-order valence-corrected chi connectivity index (χ2v) is 13.0. The smallest absolute Gasteiger partial charge is 0.352 e. The summed E-state index contributed by atoms with van der Waals surface area (Å²) in [5.74, 6) is -2.26. The number of anilines is 1. The van der Waals surface area contributed by atoms with E-state index in [0.29, 0.717) is 12.6 Å². The number of alkyl halides is 3. The molecule has 6 rings (SSSR count). The second-order valence-electron chi connectivity index (χ2n) is 11.5. The van der Waals surface area contributed by atoms with Crippen molar-refractivity contribution in [3.63, 3.8) is 0 Å². The number of carbonyl (C=O) groups is 1. The summed E-state index contributed by atoms with van der Waals surface area (Å²) in [5.41, 5.74) is -2.57. The summed E-state index contributed by atoms with van der Waals surface area (Å²) in [6.07, 6.45) is -2.72. The molecular formula is C30H29ClF5N5O2S. The number of thioether (sulfide) groups is 1. The minimum absolute atomic E-state index is 0.0542. The highest BCUT2D eigenvalue weighted by molar-refractivity contribution is 7.99. The summed E-state index contributed by atoms with van der Waals surface area (Å²) in [6.45, 7) is 9.79. The molecule has 0 bridgehead atoms. The van der Waals surface area contributed by atoms with Gasteiger partial charge in [-0.15, -0.1) is 11.8 Å². The van der Waals surface area contributed by atoms with E-state index in [1.165, 1.54) is 10.6 Å². The molecule has 3 aliphatic heterocycles. The number of benzene rings is 2. The Morgan fingerprint density at radius 3 is 2.41 bits per heavy atom. The first-order valence-electron chi connectivity index (χ1n) is 14.2. The van der Waals surface area contributed by atoms with Crippen LogP contribution in [0.25, 0.3) is 22.0 Å². The van der Waals surface area contributed by atoms with E-state index in [2.05, 4.69) is 16.5 Å². The van der Waals surface area contributed by atoms with Crippen LogP contribution < -0.4 is 10.6 Å². The zero-order chi connectivity index (χ0) is 31.7. The molecule has 4 heterocycles. The van der Waals surface area contributed by atoms with Gasteiger partial charge >= 0.3 is 11.9 Å². The van der Waals surface area contributed by atoms with Gasteiger partial charge in [-0.05, 0) is 51.6 Å². The van der Waals surface area contributed by atoms with E-state index in [9.17, 15) is 27.2 Å². The molecule has 0 N–H and O–H groups in total. The summed E-state index contributed by atoms with van der Waals surface area (Å²) in [6, 6.07) is 1.12. The van der Waals surface area contributed by atoms with Gasteiger partial charge in [-0.25, -0.2) is 13.6 Å². The molecule has 0 radical (unpaired) electrons. The van der Waals surface area contributed by atoms with Crippen molar-refractivity contribution in [1.82, 2.24) is 19.4 Å². The molecule has 0 spiro atoms. The van der Waals surface area contributed by atoms with Crippen molar-refractivity contribution in [3.8, 4) is 11.1 Å². The van der Waals surface area contributed by atoms with Crippen molar-refractivity contribution < 1.29 is 26.7 Å². The predicted octanol–water partition coefficient (Wildman–Crippen LogP) is 5.98. The lowest BCUT2D eigenvalue weighted by Gasteiger charge is -2.45. The van der Waals surface area contributed by atoms with Crippen molar-refractivity contribution >= 4 is 46.0 Å². The van der Waals surface area contributed by atoms with Crippen LogP contribution in [0.1, 0.15) is 31.9 Å². The van der Waals surface area contributed by atoms with Gasteiger partial charge in [0.15, 0.2) is 0 Å². The molecule has 1 aromatic heterocycles. The molecular weight excluding hydrogens is 625 g/mol. The molecule has 0 aliphatic carbocycles. The van der Waals surface area contributed by atoms with Crippen LogP contribution >= 0.6 is 23.4 Å². The molecule has 2 fully saturated rings. The number of hydrogen-bond acceptors (Lipinski definition) is 6. The standard InChI is InChI=1S/C30H29ClF5N5O2S/c1-4-24(42)40-15(2)11-39(12-16(40)3)28-19-8-20(30(34,35)36)25(18-9-21(31)23(33)10-22(18)32)27-26(19)41(29(43)37-28)17(14-44-27)13-38-6-5-7-38/h4,8-10,15-17H,1,5-7,11-14H2,2-3H3/t15-,16+,17?. The van der Waals surface area contributed by atoms with Gasteiger partial charge in [0.2, 0.25) is 5.91 Å². The lowest BCUT2D eigenvalue weighted by molar-refractivity contribution is -0.137. The summed E-state index contributed by atoms with van der Waals surface area (Å²) in [5, 5.41) is -0.436. The van der Waals surface area contributed by atoms with Crippen LogP contribution in [0.4, 0.5) is 27.8 Å². The third-order valence-corrected chi connectivity index (χ3v) is 10.1. The maximum Gasteiger partial charge on any atom is 0.417 e. The summed E-state index contributed by atoms with van der Waals surface area (Å²) in [7, 11) is 0. The number of rotatable bonds is 5. The maximum atomic E-state index is 15.3. The van der Waals surface area contributed by atoms with E-state index in [1.807, 2.05) is 0 Å². The molecule has 2 saturated heterocycles. The molecule has 1 unspecified atom stereocenters. The number of hydrogen-bond donors (Lipinski definition) is 0. The molecule has 3 atom stereocenters. The molecule has 1 amide bonds. The van der Waals surface area contributed by atoms with Crippen LogP contribution in [0.15, 0.2) is 40.5 Å².